The Morgan fingerprint density at radius 1 is 1.03 bits per heavy atom. The smallest absolute Gasteiger partial charge is 0.243 e. The number of benzene rings is 2. The molecule has 6 heteroatoms. The van der Waals surface area contributed by atoms with E-state index in [2.05, 4.69) is 5.32 Å². The van der Waals surface area contributed by atoms with Crippen molar-refractivity contribution in [2.45, 2.75) is 72.5 Å². The average Bonchev–Trinajstić information content (AvgIpc) is 2.72. The van der Waals surface area contributed by atoms with Crippen LogP contribution in [0.5, 0.6) is 0 Å². The van der Waals surface area contributed by atoms with E-state index < -0.39 is 6.04 Å². The summed E-state index contributed by atoms with van der Waals surface area (Å²) < 4.78 is 0. The van der Waals surface area contributed by atoms with Crippen LogP contribution in [0.2, 0.25) is 10.0 Å². The molecule has 0 aliphatic heterocycles. The highest BCUT2D eigenvalue weighted by Gasteiger charge is 2.30. The first-order valence-corrected chi connectivity index (χ1v) is 11.5. The van der Waals surface area contributed by atoms with Crippen LogP contribution in [0.4, 0.5) is 0 Å². The number of nitrogens with one attached hydrogen (secondary N) is 1. The zero-order chi connectivity index (χ0) is 23.1. The molecule has 1 N–H and O–H groups in total. The Hall–Kier alpha value is -2.04. The van der Waals surface area contributed by atoms with Crippen LogP contribution in [0, 0.1) is 13.8 Å². The topological polar surface area (TPSA) is 49.4 Å². The number of hydrogen-bond donors (Lipinski definition) is 1. The fourth-order valence-corrected chi connectivity index (χ4v) is 3.99. The number of carbonyl (C=O) groups is 2. The third-order valence-corrected chi connectivity index (χ3v) is 6.33. The highest BCUT2D eigenvalue weighted by Crippen LogP contribution is 2.27. The molecule has 0 radical (unpaired) electrons. The molecule has 2 atom stereocenters. The maximum Gasteiger partial charge on any atom is 0.243 e. The lowest BCUT2D eigenvalue weighted by molar-refractivity contribution is -0.141. The Bertz CT molecular complexity index is 909. The van der Waals surface area contributed by atoms with E-state index in [4.69, 9.17) is 23.2 Å². The minimum atomic E-state index is -0.612. The van der Waals surface area contributed by atoms with E-state index in [1.54, 1.807) is 23.1 Å². The third kappa shape index (κ3) is 6.72. The van der Waals surface area contributed by atoms with Crippen LogP contribution in [-0.2, 0) is 22.6 Å². The second-order valence-corrected chi connectivity index (χ2v) is 8.88. The standard InChI is InChI=1S/C25H32Cl2N2O2/c1-6-18(5)28-25(31)23(7-2)29(15-20-21(26)9-8-10-22(20)27)24(30)14-19-13-16(3)11-12-17(19)4/h8-13,18,23H,6-7,14-15H2,1-5H3,(H,28,31). The van der Waals surface area contributed by atoms with E-state index >= 15 is 0 Å². The lowest BCUT2D eigenvalue weighted by Gasteiger charge is -2.32. The molecule has 31 heavy (non-hydrogen) atoms. The van der Waals surface area contributed by atoms with Gasteiger partial charge in [-0.1, -0.05) is 66.9 Å². The molecule has 2 amide bonds. The van der Waals surface area contributed by atoms with Crippen LogP contribution in [0.1, 0.15) is 55.9 Å². The highest BCUT2D eigenvalue weighted by molar-refractivity contribution is 6.36. The Balaban J connectivity index is 2.41. The van der Waals surface area contributed by atoms with Crippen LogP contribution < -0.4 is 5.32 Å². The van der Waals surface area contributed by atoms with Crippen LogP contribution in [0.15, 0.2) is 36.4 Å². The molecule has 2 rings (SSSR count). The largest absolute Gasteiger partial charge is 0.352 e. The second-order valence-electron chi connectivity index (χ2n) is 8.07. The van der Waals surface area contributed by atoms with Gasteiger partial charge in [-0.2, -0.15) is 0 Å². The summed E-state index contributed by atoms with van der Waals surface area (Å²) in [5, 5.41) is 3.98. The van der Waals surface area contributed by atoms with Crippen LogP contribution >= 0.6 is 23.2 Å². The molecular weight excluding hydrogens is 431 g/mol. The molecule has 0 fully saturated rings. The van der Waals surface area contributed by atoms with Gasteiger partial charge >= 0.3 is 0 Å². The molecule has 0 aliphatic rings. The van der Waals surface area contributed by atoms with E-state index in [9.17, 15) is 9.59 Å². The molecule has 0 saturated carbocycles. The van der Waals surface area contributed by atoms with Crippen LogP contribution in [0.25, 0.3) is 0 Å². The van der Waals surface area contributed by atoms with Gasteiger partial charge in [0.05, 0.1) is 6.42 Å². The third-order valence-electron chi connectivity index (χ3n) is 5.62. The summed E-state index contributed by atoms with van der Waals surface area (Å²) in [5.41, 5.74) is 3.75. The predicted octanol–water partition coefficient (Wildman–Crippen LogP) is 5.87. The first-order chi connectivity index (χ1) is 14.7. The van der Waals surface area contributed by atoms with Gasteiger partial charge in [-0.05, 0) is 56.9 Å². The summed E-state index contributed by atoms with van der Waals surface area (Å²) in [6, 6.07) is 10.7. The van der Waals surface area contributed by atoms with E-state index in [0.29, 0.717) is 22.0 Å². The van der Waals surface area contributed by atoms with Crippen molar-refractivity contribution in [2.75, 3.05) is 0 Å². The van der Waals surface area contributed by atoms with E-state index in [-0.39, 0.29) is 30.8 Å². The molecule has 2 aromatic rings. The minimum Gasteiger partial charge on any atom is -0.352 e. The summed E-state index contributed by atoms with van der Waals surface area (Å²) >= 11 is 12.8. The lowest BCUT2D eigenvalue weighted by Crippen LogP contribution is -2.51. The van der Waals surface area contributed by atoms with Gasteiger partial charge in [0, 0.05) is 28.2 Å². The molecule has 2 aromatic carbocycles. The van der Waals surface area contributed by atoms with Gasteiger partial charge in [0.25, 0.3) is 0 Å². The predicted molar refractivity (Wildman–Crippen MR) is 129 cm³/mol. The van der Waals surface area contributed by atoms with E-state index in [0.717, 1.165) is 23.1 Å². The fraction of sp³-hybridized carbons (Fsp3) is 0.440. The molecule has 0 spiro atoms. The van der Waals surface area contributed by atoms with Gasteiger partial charge in [0.2, 0.25) is 11.8 Å². The summed E-state index contributed by atoms with van der Waals surface area (Å²) in [7, 11) is 0. The number of rotatable bonds is 9. The Morgan fingerprint density at radius 3 is 2.26 bits per heavy atom. The van der Waals surface area contributed by atoms with Crippen molar-refractivity contribution in [1.29, 1.82) is 0 Å². The Morgan fingerprint density at radius 2 is 1.68 bits per heavy atom. The molecule has 0 aromatic heterocycles. The van der Waals surface area contributed by atoms with Gasteiger partial charge < -0.3 is 10.2 Å². The molecule has 0 heterocycles. The van der Waals surface area contributed by atoms with Crippen molar-refractivity contribution < 1.29 is 9.59 Å². The van der Waals surface area contributed by atoms with Crippen molar-refractivity contribution in [1.82, 2.24) is 10.2 Å². The van der Waals surface area contributed by atoms with Crippen molar-refractivity contribution in [3.05, 3.63) is 68.7 Å². The molecule has 0 bridgehead atoms. The van der Waals surface area contributed by atoms with Crippen LogP contribution in [-0.4, -0.2) is 28.8 Å². The highest BCUT2D eigenvalue weighted by atomic mass is 35.5. The molecule has 4 nitrogen and oxygen atoms in total. The van der Waals surface area contributed by atoms with Crippen LogP contribution in [0.3, 0.4) is 0 Å². The number of aryl methyl sites for hydroxylation is 2. The van der Waals surface area contributed by atoms with Gasteiger partial charge in [-0.15, -0.1) is 0 Å². The average molecular weight is 463 g/mol. The van der Waals surface area contributed by atoms with Crippen molar-refractivity contribution in [2.24, 2.45) is 0 Å². The maximum atomic E-state index is 13.5. The first kappa shape index (κ1) is 25.2. The second kappa shape index (κ2) is 11.5. The van der Waals surface area contributed by atoms with Gasteiger partial charge in [0.1, 0.15) is 6.04 Å². The number of hydrogen-bond acceptors (Lipinski definition) is 2. The Labute approximate surface area is 195 Å². The quantitative estimate of drug-likeness (QED) is 0.505. The molecule has 0 saturated heterocycles. The summed E-state index contributed by atoms with van der Waals surface area (Å²) in [4.78, 5) is 28.2. The monoisotopic (exact) mass is 462 g/mol. The SMILES string of the molecule is CCC(C)NC(=O)C(CC)N(Cc1c(Cl)cccc1Cl)C(=O)Cc1cc(C)ccc1C. The van der Waals surface area contributed by atoms with Crippen molar-refractivity contribution >= 4 is 35.0 Å². The zero-order valence-electron chi connectivity index (χ0n) is 19.0. The molecule has 2 unspecified atom stereocenters. The number of carbonyl (C=O) groups excluding carboxylic acids is 2. The molecule has 168 valence electrons. The molecular formula is C25H32Cl2N2O2. The lowest BCUT2D eigenvalue weighted by atomic mass is 10.0. The Kier molecular flexibility index (Phi) is 9.39. The zero-order valence-corrected chi connectivity index (χ0v) is 20.5. The van der Waals surface area contributed by atoms with Gasteiger partial charge in [0.15, 0.2) is 0 Å². The first-order valence-electron chi connectivity index (χ1n) is 10.8. The normalized spacial score (nSPS) is 12.9. The van der Waals surface area contributed by atoms with Crippen molar-refractivity contribution in [3.8, 4) is 0 Å². The molecule has 0 aliphatic carbocycles. The number of halogens is 2. The van der Waals surface area contributed by atoms with Gasteiger partial charge in [-0.3, -0.25) is 9.59 Å². The van der Waals surface area contributed by atoms with E-state index in [1.165, 1.54) is 0 Å². The summed E-state index contributed by atoms with van der Waals surface area (Å²) in [5.74, 6) is -0.287. The summed E-state index contributed by atoms with van der Waals surface area (Å²) in [6.07, 6.45) is 1.51. The number of nitrogens with zero attached hydrogens (tertiary/aromatic N) is 1. The van der Waals surface area contributed by atoms with Gasteiger partial charge in [-0.25, -0.2) is 0 Å². The van der Waals surface area contributed by atoms with E-state index in [1.807, 2.05) is 52.8 Å². The maximum absolute atomic E-state index is 13.5. The fourth-order valence-electron chi connectivity index (χ4n) is 3.47. The minimum absolute atomic E-state index is 0.0291. The number of amides is 2. The van der Waals surface area contributed by atoms with Crippen molar-refractivity contribution in [3.63, 3.8) is 0 Å². The summed E-state index contributed by atoms with van der Waals surface area (Å²) in [6.45, 7) is 10.0.